The van der Waals surface area contributed by atoms with Crippen LogP contribution in [-0.4, -0.2) is 39.5 Å². The summed E-state index contributed by atoms with van der Waals surface area (Å²) in [7, 11) is 1.65. The molecule has 0 aliphatic heterocycles. The van der Waals surface area contributed by atoms with Crippen molar-refractivity contribution in [3.63, 3.8) is 0 Å². The zero-order valence-electron chi connectivity index (χ0n) is 16.9. The molecule has 0 bridgehead atoms. The third kappa shape index (κ3) is 5.98. The highest BCUT2D eigenvalue weighted by atomic mass is 35.5. The summed E-state index contributed by atoms with van der Waals surface area (Å²) in [5.74, 6) is -0.617. The predicted molar refractivity (Wildman–Crippen MR) is 119 cm³/mol. The monoisotopic (exact) mass is 520 g/mol. The number of amides is 2. The van der Waals surface area contributed by atoms with Crippen molar-refractivity contribution in [2.45, 2.75) is 18.6 Å². The number of hydrogen-bond donors (Lipinski definition) is 3. The summed E-state index contributed by atoms with van der Waals surface area (Å²) in [5, 5.41) is 18.0. The molecule has 3 rings (SSSR count). The number of aryl methyl sites for hydroxylation is 1. The molecule has 3 N–H and O–H groups in total. The lowest BCUT2D eigenvalue weighted by Crippen LogP contribution is -2.44. The van der Waals surface area contributed by atoms with E-state index in [1.807, 2.05) is 0 Å². The first-order valence-electron chi connectivity index (χ1n) is 9.37. The van der Waals surface area contributed by atoms with E-state index in [9.17, 15) is 22.8 Å². The summed E-state index contributed by atoms with van der Waals surface area (Å²) < 4.78 is 41.8. The van der Waals surface area contributed by atoms with Gasteiger partial charge in [-0.2, -0.15) is 18.3 Å². The van der Waals surface area contributed by atoms with Crippen LogP contribution in [0.3, 0.4) is 0 Å². The molecule has 2 heterocycles. The summed E-state index contributed by atoms with van der Waals surface area (Å²) in [6.07, 6.45) is -4.78. The number of carbonyl (C=O) groups is 2. The van der Waals surface area contributed by atoms with Crippen molar-refractivity contribution in [2.75, 3.05) is 6.54 Å². The Labute approximate surface area is 200 Å². The molecule has 0 saturated heterocycles. The Bertz CT molecular complexity index is 1160. The number of nitrogens with one attached hydrogen (secondary N) is 2. The Hall–Kier alpha value is -2.76. The van der Waals surface area contributed by atoms with Crippen molar-refractivity contribution in [3.05, 3.63) is 61.9 Å². The molecule has 0 spiro atoms. The minimum atomic E-state index is -4.59. The van der Waals surface area contributed by atoms with Gasteiger partial charge in [0.25, 0.3) is 5.91 Å². The third-order valence-corrected chi connectivity index (χ3v) is 6.32. The molecular weight excluding hydrogens is 504 g/mol. The zero-order chi connectivity index (χ0) is 24.3. The van der Waals surface area contributed by atoms with Gasteiger partial charge in [0.15, 0.2) is 0 Å². The maximum atomic E-state index is 13.4. The van der Waals surface area contributed by atoms with Crippen molar-refractivity contribution in [3.8, 4) is 11.3 Å². The molecule has 33 heavy (non-hydrogen) atoms. The average molecular weight is 521 g/mol. The van der Waals surface area contributed by atoms with Crippen molar-refractivity contribution in [1.29, 1.82) is 0 Å². The van der Waals surface area contributed by atoms with Gasteiger partial charge in [0.2, 0.25) is 0 Å². The standard InChI is InChI=1S/C20H17Cl2F3N4O3S/c1-29-16(14(21)9-27-29)12-7-15(33-17(12)22)18(30)28-11(8-26-19(31)32)6-10-4-2-3-5-13(10)20(23,24)25/h2-5,7,9,11,26H,6,8H2,1H3,(H,28,30)(H,31,32)/t11-/m1/s1. The summed E-state index contributed by atoms with van der Waals surface area (Å²) in [6.45, 7) is -0.299. The first-order chi connectivity index (χ1) is 15.5. The topological polar surface area (TPSA) is 96.3 Å². The van der Waals surface area contributed by atoms with Gasteiger partial charge in [-0.15, -0.1) is 11.3 Å². The highest BCUT2D eigenvalue weighted by Crippen LogP contribution is 2.38. The number of carbonyl (C=O) groups excluding carboxylic acids is 1. The molecule has 1 aromatic carbocycles. The Morgan fingerprint density at radius 2 is 1.97 bits per heavy atom. The van der Waals surface area contributed by atoms with Crippen molar-refractivity contribution >= 4 is 46.5 Å². The van der Waals surface area contributed by atoms with Crippen LogP contribution in [0.25, 0.3) is 11.3 Å². The average Bonchev–Trinajstić information content (AvgIpc) is 3.27. The van der Waals surface area contributed by atoms with E-state index in [1.54, 1.807) is 7.05 Å². The largest absolute Gasteiger partial charge is 0.465 e. The van der Waals surface area contributed by atoms with Gasteiger partial charge < -0.3 is 15.7 Å². The van der Waals surface area contributed by atoms with Gasteiger partial charge in [-0.05, 0) is 24.1 Å². The molecule has 0 aliphatic rings. The van der Waals surface area contributed by atoms with Gasteiger partial charge in [0, 0.05) is 19.2 Å². The van der Waals surface area contributed by atoms with Crippen LogP contribution < -0.4 is 10.6 Å². The van der Waals surface area contributed by atoms with Crippen LogP contribution in [0.15, 0.2) is 36.5 Å². The lowest BCUT2D eigenvalue weighted by atomic mass is 9.99. The summed E-state index contributed by atoms with van der Waals surface area (Å²) in [6, 6.07) is 5.46. The van der Waals surface area contributed by atoms with Crippen LogP contribution >= 0.6 is 34.5 Å². The quantitative estimate of drug-likeness (QED) is 0.404. The summed E-state index contributed by atoms with van der Waals surface area (Å²) in [4.78, 5) is 24.0. The van der Waals surface area contributed by atoms with E-state index in [4.69, 9.17) is 28.3 Å². The maximum Gasteiger partial charge on any atom is 0.416 e. The summed E-state index contributed by atoms with van der Waals surface area (Å²) >= 11 is 13.4. The normalized spacial score (nSPS) is 12.4. The molecule has 13 heteroatoms. The molecule has 0 saturated carbocycles. The molecule has 0 unspecified atom stereocenters. The molecule has 2 amide bonds. The highest BCUT2D eigenvalue weighted by molar-refractivity contribution is 7.18. The number of alkyl halides is 3. The fourth-order valence-electron chi connectivity index (χ4n) is 3.24. The molecule has 1 atom stereocenters. The Balaban J connectivity index is 1.85. The molecule has 0 radical (unpaired) electrons. The molecule has 176 valence electrons. The SMILES string of the molecule is Cn1ncc(Cl)c1-c1cc(C(=O)N[C@@H](CNC(=O)O)Cc2ccccc2C(F)(F)F)sc1Cl. The minimum absolute atomic E-state index is 0.0749. The second kappa shape index (κ2) is 10.0. The smallest absolute Gasteiger partial charge is 0.416 e. The molecule has 7 nitrogen and oxygen atoms in total. The van der Waals surface area contributed by atoms with Crippen LogP contribution in [0.4, 0.5) is 18.0 Å². The van der Waals surface area contributed by atoms with Gasteiger partial charge in [-0.25, -0.2) is 4.79 Å². The van der Waals surface area contributed by atoms with Gasteiger partial charge in [-0.3, -0.25) is 9.48 Å². The number of aromatic nitrogens is 2. The van der Waals surface area contributed by atoms with Crippen LogP contribution in [0.5, 0.6) is 0 Å². The predicted octanol–water partition coefficient (Wildman–Crippen LogP) is 5.08. The van der Waals surface area contributed by atoms with E-state index in [2.05, 4.69) is 15.7 Å². The number of halogens is 5. The van der Waals surface area contributed by atoms with E-state index in [-0.39, 0.29) is 27.7 Å². The maximum absolute atomic E-state index is 13.4. The van der Waals surface area contributed by atoms with Gasteiger partial charge in [0.1, 0.15) is 4.34 Å². The number of thiophene rings is 1. The minimum Gasteiger partial charge on any atom is -0.465 e. The second-order valence-electron chi connectivity index (χ2n) is 6.98. The van der Waals surface area contributed by atoms with E-state index in [0.717, 1.165) is 17.4 Å². The molecular formula is C20H17Cl2F3N4O3S. The van der Waals surface area contributed by atoms with Crippen LogP contribution in [0.2, 0.25) is 9.36 Å². The number of nitrogens with zero attached hydrogens (tertiary/aromatic N) is 2. The van der Waals surface area contributed by atoms with Gasteiger partial charge in [-0.1, -0.05) is 41.4 Å². The van der Waals surface area contributed by atoms with E-state index in [0.29, 0.717) is 16.3 Å². The lowest BCUT2D eigenvalue weighted by molar-refractivity contribution is -0.138. The highest BCUT2D eigenvalue weighted by Gasteiger charge is 2.33. The van der Waals surface area contributed by atoms with Gasteiger partial charge >= 0.3 is 12.3 Å². The third-order valence-electron chi connectivity index (χ3n) is 4.68. The first-order valence-corrected chi connectivity index (χ1v) is 10.9. The number of benzene rings is 1. The van der Waals surface area contributed by atoms with Crippen LogP contribution in [0, 0.1) is 0 Å². The molecule has 2 aromatic heterocycles. The van der Waals surface area contributed by atoms with E-state index < -0.39 is 29.8 Å². The van der Waals surface area contributed by atoms with Crippen molar-refractivity contribution in [2.24, 2.45) is 7.05 Å². The fraction of sp³-hybridized carbons (Fsp3) is 0.250. The zero-order valence-corrected chi connectivity index (χ0v) is 19.2. The van der Waals surface area contributed by atoms with E-state index in [1.165, 1.54) is 35.1 Å². The van der Waals surface area contributed by atoms with Crippen LogP contribution in [-0.2, 0) is 19.6 Å². The Kier molecular flexibility index (Phi) is 7.55. The lowest BCUT2D eigenvalue weighted by Gasteiger charge is -2.21. The van der Waals surface area contributed by atoms with E-state index >= 15 is 0 Å². The fourth-order valence-corrected chi connectivity index (χ4v) is 4.69. The van der Waals surface area contributed by atoms with Crippen molar-refractivity contribution < 1.29 is 27.9 Å². The molecule has 0 fully saturated rings. The summed E-state index contributed by atoms with van der Waals surface area (Å²) in [5.41, 5.74) is 0.0422. The Morgan fingerprint density at radius 3 is 2.58 bits per heavy atom. The molecule has 0 aliphatic carbocycles. The van der Waals surface area contributed by atoms with Crippen LogP contribution in [0.1, 0.15) is 20.8 Å². The number of hydrogen-bond acceptors (Lipinski definition) is 4. The number of carboxylic acid groups (broad SMARTS) is 1. The van der Waals surface area contributed by atoms with Gasteiger partial charge in [0.05, 0.1) is 33.4 Å². The van der Waals surface area contributed by atoms with Crippen molar-refractivity contribution in [1.82, 2.24) is 20.4 Å². The number of rotatable bonds is 7. The second-order valence-corrected chi connectivity index (χ2v) is 9.04. The molecule has 3 aromatic rings. The first kappa shape index (κ1) is 24.9. The Morgan fingerprint density at radius 1 is 1.27 bits per heavy atom.